The molecule has 0 heterocycles. The Morgan fingerprint density at radius 3 is 2.59 bits per heavy atom. The first kappa shape index (κ1) is 30.1. The van der Waals surface area contributed by atoms with Crippen LogP contribution in [0.1, 0.15) is 92.4 Å². The third kappa shape index (κ3) is 6.60. The smallest absolute Gasteiger partial charge is 0.121 e. The second-order valence-corrected chi connectivity index (χ2v) is 12.0. The molecular formula is C32H50O5. The highest BCUT2D eigenvalue weighted by Crippen LogP contribution is 2.60. The first-order chi connectivity index (χ1) is 17.5. The maximum absolute atomic E-state index is 10.7. The van der Waals surface area contributed by atoms with E-state index in [-0.39, 0.29) is 23.9 Å². The summed E-state index contributed by atoms with van der Waals surface area (Å²) in [5, 5.41) is 41.0. The Morgan fingerprint density at radius 1 is 1.22 bits per heavy atom. The summed E-state index contributed by atoms with van der Waals surface area (Å²) in [7, 11) is 0. The van der Waals surface area contributed by atoms with Crippen LogP contribution in [0.2, 0.25) is 0 Å². The molecule has 0 aromatic rings. The van der Waals surface area contributed by atoms with Crippen molar-refractivity contribution in [2.24, 2.45) is 23.2 Å². The van der Waals surface area contributed by atoms with Gasteiger partial charge in [-0.2, -0.15) is 0 Å². The first-order valence-electron chi connectivity index (χ1n) is 14.4. The molecule has 0 radical (unpaired) electrons. The van der Waals surface area contributed by atoms with Gasteiger partial charge in [0.25, 0.3) is 0 Å². The van der Waals surface area contributed by atoms with Gasteiger partial charge in [-0.25, -0.2) is 0 Å². The van der Waals surface area contributed by atoms with E-state index in [0.29, 0.717) is 37.7 Å². The molecule has 3 aliphatic rings. The molecule has 0 aliphatic heterocycles. The van der Waals surface area contributed by atoms with Crippen molar-refractivity contribution in [2.45, 2.75) is 122 Å². The number of hydrogen-bond acceptors (Lipinski definition) is 5. The standard InChI is InChI=1S/C32H50O5/c1-7-32(36,23(5)33)18-10-12-30(37-8-2)22(4)27-15-16-28-24(11-9-17-31(27,28)6)13-14-25-19-26(34)20-29(35)21(25)3/h13-14,22-23,26-30,33-36H,3,7-9,11,15-20H2,1-2,4-6H3/b24-13-,25-14+/t22-,23?,26-,27?,28?,29+,30?,31-,32?/m1/s1. The minimum atomic E-state index is -1.19. The fourth-order valence-corrected chi connectivity index (χ4v) is 7.20. The fourth-order valence-electron chi connectivity index (χ4n) is 7.20. The van der Waals surface area contributed by atoms with Crippen LogP contribution in [0.5, 0.6) is 0 Å². The maximum atomic E-state index is 10.7. The van der Waals surface area contributed by atoms with Gasteiger partial charge in [0, 0.05) is 19.4 Å². The van der Waals surface area contributed by atoms with Crippen LogP contribution >= 0.6 is 0 Å². The summed E-state index contributed by atoms with van der Waals surface area (Å²) in [4.78, 5) is 0. The summed E-state index contributed by atoms with van der Waals surface area (Å²) < 4.78 is 6.14. The largest absolute Gasteiger partial charge is 0.393 e. The van der Waals surface area contributed by atoms with Crippen LogP contribution < -0.4 is 0 Å². The van der Waals surface area contributed by atoms with E-state index in [2.05, 4.69) is 44.4 Å². The van der Waals surface area contributed by atoms with Gasteiger partial charge >= 0.3 is 0 Å². The maximum Gasteiger partial charge on any atom is 0.121 e. The molecule has 0 aromatic heterocycles. The lowest BCUT2D eigenvalue weighted by Gasteiger charge is -2.45. The zero-order valence-corrected chi connectivity index (χ0v) is 23.7. The molecule has 3 rings (SSSR count). The molecule has 0 saturated heterocycles. The highest BCUT2D eigenvalue weighted by molar-refractivity contribution is 5.38. The van der Waals surface area contributed by atoms with E-state index in [4.69, 9.17) is 4.74 Å². The second-order valence-electron chi connectivity index (χ2n) is 12.0. The highest BCUT2D eigenvalue weighted by Gasteiger charge is 2.51. The fraction of sp³-hybridized carbons (Fsp3) is 0.750. The van der Waals surface area contributed by atoms with E-state index in [0.717, 1.165) is 36.8 Å². The highest BCUT2D eigenvalue weighted by atomic mass is 16.5. The van der Waals surface area contributed by atoms with Gasteiger partial charge in [-0.15, -0.1) is 0 Å². The second kappa shape index (κ2) is 12.6. The van der Waals surface area contributed by atoms with Gasteiger partial charge in [0.2, 0.25) is 0 Å². The molecule has 0 spiro atoms. The number of fused-ring (bicyclic) bond motifs is 1. The lowest BCUT2D eigenvalue weighted by Crippen LogP contribution is -2.40. The van der Waals surface area contributed by atoms with Crippen molar-refractivity contribution in [3.8, 4) is 11.8 Å². The van der Waals surface area contributed by atoms with Gasteiger partial charge < -0.3 is 25.2 Å². The third-order valence-electron chi connectivity index (χ3n) is 9.79. The Hall–Kier alpha value is -1.42. The molecule has 5 heteroatoms. The van der Waals surface area contributed by atoms with Gasteiger partial charge in [-0.1, -0.05) is 56.9 Å². The molecule has 4 N–H and O–H groups in total. The number of aliphatic hydroxyl groups is 4. The molecule has 0 amide bonds. The van der Waals surface area contributed by atoms with Gasteiger partial charge in [0.05, 0.1) is 18.3 Å². The van der Waals surface area contributed by atoms with Crippen LogP contribution in [0, 0.1) is 35.0 Å². The lowest BCUT2D eigenvalue weighted by molar-refractivity contribution is -0.0646. The SMILES string of the molecule is C=C1/C(=C/C=C2/CCC[C@@]3(C)C2CCC3[C@@H](C)C(C#CCC(O)(CC)C(C)O)OCC)C[C@@H](O)C[C@@H]1O. The summed E-state index contributed by atoms with van der Waals surface area (Å²) in [5.41, 5.74) is 2.16. The summed E-state index contributed by atoms with van der Waals surface area (Å²) >= 11 is 0. The number of rotatable bonds is 8. The van der Waals surface area contributed by atoms with Gasteiger partial charge in [0.1, 0.15) is 11.7 Å². The molecule has 208 valence electrons. The van der Waals surface area contributed by atoms with Crippen LogP contribution in [0.25, 0.3) is 0 Å². The lowest BCUT2D eigenvalue weighted by atomic mass is 9.60. The topological polar surface area (TPSA) is 90.2 Å². The van der Waals surface area contributed by atoms with Crippen molar-refractivity contribution in [1.82, 2.24) is 0 Å². The zero-order chi connectivity index (χ0) is 27.4. The van der Waals surface area contributed by atoms with Gasteiger partial charge in [0.15, 0.2) is 0 Å². The van der Waals surface area contributed by atoms with Crippen molar-refractivity contribution in [2.75, 3.05) is 6.61 Å². The van der Waals surface area contributed by atoms with E-state index in [1.807, 2.05) is 13.8 Å². The number of aliphatic hydroxyl groups excluding tert-OH is 3. The zero-order valence-electron chi connectivity index (χ0n) is 23.7. The number of allylic oxidation sites excluding steroid dienone is 3. The molecule has 3 aliphatic carbocycles. The average Bonchev–Trinajstić information content (AvgIpc) is 3.21. The Bertz CT molecular complexity index is 923. The molecule has 0 aromatic carbocycles. The molecule has 3 fully saturated rings. The van der Waals surface area contributed by atoms with E-state index >= 15 is 0 Å². The summed E-state index contributed by atoms with van der Waals surface area (Å²) in [5.74, 6) is 7.72. The van der Waals surface area contributed by atoms with Gasteiger partial charge in [-0.05, 0) is 93.1 Å². The van der Waals surface area contributed by atoms with E-state index < -0.39 is 23.9 Å². The molecule has 0 bridgehead atoms. The molecule has 5 nitrogen and oxygen atoms in total. The molecule has 5 unspecified atom stereocenters. The molecule has 9 atom stereocenters. The normalized spacial score (nSPS) is 36.4. The minimum Gasteiger partial charge on any atom is -0.393 e. The quantitative estimate of drug-likeness (QED) is 0.339. The monoisotopic (exact) mass is 514 g/mol. The number of hydrogen-bond donors (Lipinski definition) is 4. The number of ether oxygens (including phenoxy) is 1. The minimum absolute atomic E-state index is 0.172. The Balaban J connectivity index is 1.79. The van der Waals surface area contributed by atoms with Crippen LogP contribution in [-0.4, -0.2) is 57.0 Å². The van der Waals surface area contributed by atoms with Crippen LogP contribution in [-0.2, 0) is 4.74 Å². The predicted octanol–water partition coefficient (Wildman–Crippen LogP) is 5.08. The van der Waals surface area contributed by atoms with Crippen LogP contribution in [0.3, 0.4) is 0 Å². The van der Waals surface area contributed by atoms with Crippen molar-refractivity contribution in [3.63, 3.8) is 0 Å². The summed E-state index contributed by atoms with van der Waals surface area (Å²) in [6.45, 7) is 14.9. The molecular weight excluding hydrogens is 464 g/mol. The van der Waals surface area contributed by atoms with Crippen molar-refractivity contribution >= 4 is 0 Å². The van der Waals surface area contributed by atoms with Crippen molar-refractivity contribution in [3.05, 3.63) is 35.5 Å². The Morgan fingerprint density at radius 2 is 1.95 bits per heavy atom. The van der Waals surface area contributed by atoms with Crippen molar-refractivity contribution in [1.29, 1.82) is 0 Å². The first-order valence-corrected chi connectivity index (χ1v) is 14.4. The van der Waals surface area contributed by atoms with E-state index in [9.17, 15) is 20.4 Å². The van der Waals surface area contributed by atoms with Crippen LogP contribution in [0.15, 0.2) is 35.5 Å². The molecule has 37 heavy (non-hydrogen) atoms. The van der Waals surface area contributed by atoms with Crippen molar-refractivity contribution < 1.29 is 25.2 Å². The average molecular weight is 515 g/mol. The van der Waals surface area contributed by atoms with E-state index in [1.165, 1.54) is 12.0 Å². The third-order valence-corrected chi connectivity index (χ3v) is 9.79. The van der Waals surface area contributed by atoms with Gasteiger partial charge in [-0.3, -0.25) is 0 Å². The summed E-state index contributed by atoms with van der Waals surface area (Å²) in [6.07, 6.45) is 9.47. The van der Waals surface area contributed by atoms with E-state index in [1.54, 1.807) is 6.92 Å². The Kier molecular flexibility index (Phi) is 10.3. The predicted molar refractivity (Wildman–Crippen MR) is 149 cm³/mol. The summed E-state index contributed by atoms with van der Waals surface area (Å²) in [6, 6.07) is 0. The van der Waals surface area contributed by atoms with Crippen LogP contribution in [0.4, 0.5) is 0 Å². The Labute approximate surface area is 224 Å². The molecule has 3 saturated carbocycles.